The second kappa shape index (κ2) is 9.78. The van der Waals surface area contributed by atoms with E-state index in [2.05, 4.69) is 26.1 Å². The van der Waals surface area contributed by atoms with Gasteiger partial charge in [-0.1, -0.05) is 27.5 Å². The number of hydrogen-bond donors (Lipinski definition) is 0. The third-order valence-electron chi connectivity index (χ3n) is 6.80. The van der Waals surface area contributed by atoms with Crippen LogP contribution in [0.2, 0.25) is 5.02 Å². The number of halogens is 3. The van der Waals surface area contributed by atoms with E-state index in [1.54, 1.807) is 46.2 Å². The SMILES string of the molecule is CCOc1ccc(C(=O)N2CC3(CCN(C(=O)c4cc(Cl)cc(Br)c4)CC3)c3cc(F)ccc32)nn1. The van der Waals surface area contributed by atoms with Crippen LogP contribution in [0.15, 0.2) is 53.0 Å². The van der Waals surface area contributed by atoms with E-state index < -0.39 is 5.41 Å². The zero-order valence-electron chi connectivity index (χ0n) is 19.5. The maximum absolute atomic E-state index is 14.3. The molecule has 2 aliphatic rings. The first-order valence-electron chi connectivity index (χ1n) is 11.6. The summed E-state index contributed by atoms with van der Waals surface area (Å²) in [5, 5.41) is 8.49. The number of aromatic nitrogens is 2. The molecule has 1 fully saturated rings. The van der Waals surface area contributed by atoms with Crippen molar-refractivity contribution < 1.29 is 18.7 Å². The molecule has 3 aromatic rings. The van der Waals surface area contributed by atoms with Gasteiger partial charge < -0.3 is 14.5 Å². The number of hydrogen-bond acceptors (Lipinski definition) is 5. The van der Waals surface area contributed by atoms with Gasteiger partial charge in [0.05, 0.1) is 6.61 Å². The lowest BCUT2D eigenvalue weighted by atomic mass is 9.74. The van der Waals surface area contributed by atoms with Crippen LogP contribution in [-0.2, 0) is 5.41 Å². The fourth-order valence-corrected chi connectivity index (χ4v) is 5.91. The molecule has 36 heavy (non-hydrogen) atoms. The second-order valence-electron chi connectivity index (χ2n) is 8.97. The van der Waals surface area contributed by atoms with Crippen LogP contribution < -0.4 is 9.64 Å². The zero-order valence-corrected chi connectivity index (χ0v) is 21.9. The van der Waals surface area contributed by atoms with Crippen molar-refractivity contribution in [1.29, 1.82) is 0 Å². The Labute approximate surface area is 221 Å². The molecule has 2 aromatic carbocycles. The number of benzene rings is 2. The number of fused-ring (bicyclic) bond motifs is 2. The van der Waals surface area contributed by atoms with Crippen LogP contribution in [0.1, 0.15) is 46.2 Å². The topological polar surface area (TPSA) is 75.6 Å². The Morgan fingerprint density at radius 1 is 1.08 bits per heavy atom. The maximum atomic E-state index is 14.3. The number of likely N-dealkylation sites (tertiary alicyclic amines) is 1. The quantitative estimate of drug-likeness (QED) is 0.425. The fourth-order valence-electron chi connectivity index (χ4n) is 5.05. The molecule has 7 nitrogen and oxygen atoms in total. The summed E-state index contributed by atoms with van der Waals surface area (Å²) in [5.74, 6) is -0.426. The number of amides is 2. The lowest BCUT2D eigenvalue weighted by Gasteiger charge is -2.40. The minimum Gasteiger partial charge on any atom is -0.477 e. The van der Waals surface area contributed by atoms with Gasteiger partial charge in [-0.2, -0.15) is 0 Å². The van der Waals surface area contributed by atoms with Crippen molar-refractivity contribution in [3.63, 3.8) is 0 Å². The molecule has 1 aromatic heterocycles. The van der Waals surface area contributed by atoms with Crippen molar-refractivity contribution >= 4 is 45.0 Å². The van der Waals surface area contributed by atoms with Crippen molar-refractivity contribution in [2.24, 2.45) is 0 Å². The maximum Gasteiger partial charge on any atom is 0.278 e. The number of ether oxygens (including phenoxy) is 1. The van der Waals surface area contributed by atoms with Gasteiger partial charge in [0.15, 0.2) is 5.69 Å². The van der Waals surface area contributed by atoms with E-state index in [4.69, 9.17) is 16.3 Å². The molecule has 3 heterocycles. The molecule has 0 N–H and O–H groups in total. The number of piperidine rings is 1. The summed E-state index contributed by atoms with van der Waals surface area (Å²) in [4.78, 5) is 30.0. The normalized spacial score (nSPS) is 16.2. The highest BCUT2D eigenvalue weighted by Crippen LogP contribution is 2.48. The van der Waals surface area contributed by atoms with E-state index in [0.29, 0.717) is 61.2 Å². The number of carbonyl (C=O) groups excluding carboxylic acids is 2. The van der Waals surface area contributed by atoms with Crippen LogP contribution in [-0.4, -0.2) is 53.2 Å². The molecule has 2 amide bonds. The molecule has 0 saturated carbocycles. The van der Waals surface area contributed by atoms with E-state index in [0.717, 1.165) is 10.0 Å². The first kappa shape index (κ1) is 24.6. The van der Waals surface area contributed by atoms with Crippen LogP contribution in [0, 0.1) is 5.82 Å². The van der Waals surface area contributed by atoms with Crippen molar-refractivity contribution in [2.75, 3.05) is 31.1 Å². The molecule has 186 valence electrons. The largest absolute Gasteiger partial charge is 0.477 e. The van der Waals surface area contributed by atoms with Gasteiger partial charge >= 0.3 is 0 Å². The molecular weight excluding hydrogens is 551 g/mol. The molecule has 0 aliphatic carbocycles. The van der Waals surface area contributed by atoms with Crippen molar-refractivity contribution in [1.82, 2.24) is 15.1 Å². The molecule has 5 rings (SSSR count). The highest BCUT2D eigenvalue weighted by molar-refractivity contribution is 9.10. The minimum atomic E-state index is -0.461. The molecular formula is C26H23BrClFN4O3. The van der Waals surface area contributed by atoms with E-state index >= 15 is 0 Å². The van der Waals surface area contributed by atoms with Crippen molar-refractivity contribution in [2.45, 2.75) is 25.2 Å². The molecule has 2 aliphatic heterocycles. The summed E-state index contributed by atoms with van der Waals surface area (Å²) in [6.07, 6.45) is 1.19. The molecule has 0 radical (unpaired) electrons. The van der Waals surface area contributed by atoms with Gasteiger partial charge in [0.1, 0.15) is 5.82 Å². The summed E-state index contributed by atoms with van der Waals surface area (Å²) < 4.78 is 20.4. The highest BCUT2D eigenvalue weighted by Gasteiger charge is 2.47. The van der Waals surface area contributed by atoms with E-state index in [9.17, 15) is 14.0 Å². The number of nitrogens with zero attached hydrogens (tertiary/aromatic N) is 4. The summed E-state index contributed by atoms with van der Waals surface area (Å²) in [5.41, 5.74) is 1.68. The average molecular weight is 574 g/mol. The Morgan fingerprint density at radius 3 is 2.53 bits per heavy atom. The van der Waals surface area contributed by atoms with Gasteiger partial charge in [0.25, 0.3) is 11.8 Å². The van der Waals surface area contributed by atoms with E-state index in [-0.39, 0.29) is 23.3 Å². The van der Waals surface area contributed by atoms with Crippen LogP contribution in [0.4, 0.5) is 10.1 Å². The predicted molar refractivity (Wildman–Crippen MR) is 137 cm³/mol. The first-order chi connectivity index (χ1) is 17.3. The van der Waals surface area contributed by atoms with Crippen LogP contribution in [0.3, 0.4) is 0 Å². The average Bonchev–Trinajstić information content (AvgIpc) is 3.16. The molecule has 10 heteroatoms. The smallest absolute Gasteiger partial charge is 0.278 e. The van der Waals surface area contributed by atoms with Crippen molar-refractivity contribution in [3.8, 4) is 5.88 Å². The van der Waals surface area contributed by atoms with Gasteiger partial charge in [-0.25, -0.2) is 4.39 Å². The fraction of sp³-hybridized carbons (Fsp3) is 0.308. The Morgan fingerprint density at radius 2 is 1.86 bits per heavy atom. The Hall–Kier alpha value is -3.04. The van der Waals surface area contributed by atoms with Crippen LogP contribution in [0.5, 0.6) is 5.88 Å². The van der Waals surface area contributed by atoms with Crippen molar-refractivity contribution in [3.05, 3.63) is 80.7 Å². The minimum absolute atomic E-state index is 0.108. The Kier molecular flexibility index (Phi) is 6.70. The van der Waals surface area contributed by atoms with Gasteiger partial charge in [-0.05, 0) is 67.8 Å². The summed E-state index contributed by atoms with van der Waals surface area (Å²) >= 11 is 9.52. The lowest BCUT2D eigenvalue weighted by molar-refractivity contribution is 0.0670. The predicted octanol–water partition coefficient (Wildman–Crippen LogP) is 5.26. The van der Waals surface area contributed by atoms with Gasteiger partial charge in [-0.15, -0.1) is 10.2 Å². The first-order valence-corrected chi connectivity index (χ1v) is 12.8. The summed E-state index contributed by atoms with van der Waals surface area (Å²) in [7, 11) is 0. The summed E-state index contributed by atoms with van der Waals surface area (Å²) in [6, 6.07) is 12.8. The van der Waals surface area contributed by atoms with Crippen LogP contribution >= 0.6 is 27.5 Å². The molecule has 0 unspecified atom stereocenters. The van der Waals surface area contributed by atoms with Gasteiger partial charge in [0.2, 0.25) is 5.88 Å². The zero-order chi connectivity index (χ0) is 25.4. The standard InChI is InChI=1S/C26H23BrClFN4O3/c1-2-36-23-6-4-21(30-31-23)25(35)33-15-26(20-14-19(29)3-5-22(20)33)7-9-32(10-8-26)24(34)16-11-17(27)13-18(28)12-16/h3-6,11-14H,2,7-10,15H2,1H3. The molecule has 1 saturated heterocycles. The number of anilines is 1. The van der Waals surface area contributed by atoms with E-state index in [1.165, 1.54) is 12.1 Å². The summed E-state index contributed by atoms with van der Waals surface area (Å²) in [6.45, 7) is 3.62. The Bertz CT molecular complexity index is 1310. The number of rotatable bonds is 4. The van der Waals surface area contributed by atoms with Crippen LogP contribution in [0.25, 0.3) is 0 Å². The number of carbonyl (C=O) groups is 2. The highest BCUT2D eigenvalue weighted by atomic mass is 79.9. The lowest BCUT2D eigenvalue weighted by Crippen LogP contribution is -2.48. The Balaban J connectivity index is 1.38. The third kappa shape index (κ3) is 4.57. The van der Waals surface area contributed by atoms with E-state index in [1.807, 2.05) is 6.92 Å². The molecule has 1 spiro atoms. The molecule has 0 bridgehead atoms. The second-order valence-corrected chi connectivity index (χ2v) is 10.3. The molecule has 0 atom stereocenters. The van der Waals surface area contributed by atoms with Gasteiger partial charge in [0, 0.05) is 51.9 Å². The third-order valence-corrected chi connectivity index (χ3v) is 7.47. The van der Waals surface area contributed by atoms with Gasteiger partial charge in [-0.3, -0.25) is 9.59 Å². The monoisotopic (exact) mass is 572 g/mol.